The molecule has 0 atom stereocenters. The number of likely N-dealkylation sites (tertiary alicyclic amines) is 1. The molecule has 0 aliphatic carbocycles. The fraction of sp³-hybridized carbons (Fsp3) is 0.353. The van der Waals surface area contributed by atoms with Crippen LogP contribution in [0.4, 0.5) is 0 Å². The topological polar surface area (TPSA) is 88.3 Å². The van der Waals surface area contributed by atoms with E-state index in [0.717, 1.165) is 31.3 Å². The van der Waals surface area contributed by atoms with Crippen LogP contribution in [0.5, 0.6) is 0 Å². The number of hydrogen-bond donors (Lipinski definition) is 2. The van der Waals surface area contributed by atoms with Crippen molar-refractivity contribution in [2.75, 3.05) is 19.6 Å². The van der Waals surface area contributed by atoms with Crippen LogP contribution < -0.4 is 11.1 Å². The van der Waals surface area contributed by atoms with Crippen LogP contribution in [0, 0.1) is 0 Å². The number of hydrogen-bond acceptors (Lipinski definition) is 4. The van der Waals surface area contributed by atoms with Crippen molar-refractivity contribution in [3.63, 3.8) is 0 Å². The Bertz CT molecular complexity index is 772. The molecule has 2 amide bonds. The van der Waals surface area contributed by atoms with Crippen LogP contribution in [0.3, 0.4) is 0 Å². The number of rotatable bonds is 4. The quantitative estimate of drug-likeness (QED) is 0.822. The number of nitrogens with one attached hydrogen (secondary N) is 1. The number of nitrogens with two attached hydrogens (primary N) is 1. The normalized spacial score (nSPS) is 16.2. The van der Waals surface area contributed by atoms with Crippen molar-refractivity contribution in [3.05, 3.63) is 41.0 Å². The van der Waals surface area contributed by atoms with Crippen molar-refractivity contribution in [2.45, 2.75) is 18.9 Å². The maximum Gasteiger partial charge on any atom is 0.252 e. The van der Waals surface area contributed by atoms with Gasteiger partial charge in [-0.2, -0.15) is 0 Å². The van der Waals surface area contributed by atoms with Crippen molar-refractivity contribution in [1.29, 1.82) is 0 Å². The third-order valence-electron chi connectivity index (χ3n) is 4.23. The minimum atomic E-state index is -0.324. The van der Waals surface area contributed by atoms with E-state index in [4.69, 9.17) is 17.3 Å². The van der Waals surface area contributed by atoms with Gasteiger partial charge in [-0.1, -0.05) is 29.8 Å². The van der Waals surface area contributed by atoms with Gasteiger partial charge in [0.15, 0.2) is 0 Å². The number of carbonyl (C=O) groups is 2. The minimum Gasteiger partial charge on any atom is -0.369 e. The lowest BCUT2D eigenvalue weighted by Crippen LogP contribution is -2.46. The Hall–Kier alpha value is -2.18. The highest BCUT2D eigenvalue weighted by molar-refractivity contribution is 6.30. The Morgan fingerprint density at radius 3 is 2.71 bits per heavy atom. The molecule has 1 aromatic carbocycles. The van der Waals surface area contributed by atoms with E-state index in [9.17, 15) is 9.59 Å². The molecule has 2 aromatic rings. The minimum absolute atomic E-state index is 0.0762. The molecular formula is C17H19ClN4O2. The first-order chi connectivity index (χ1) is 11.5. The Morgan fingerprint density at radius 1 is 1.29 bits per heavy atom. The molecule has 3 N–H and O–H groups in total. The van der Waals surface area contributed by atoms with Gasteiger partial charge in [-0.15, -0.1) is 0 Å². The van der Waals surface area contributed by atoms with Gasteiger partial charge in [0.25, 0.3) is 5.91 Å². The maximum absolute atomic E-state index is 12.7. The van der Waals surface area contributed by atoms with Gasteiger partial charge in [0, 0.05) is 24.5 Å². The summed E-state index contributed by atoms with van der Waals surface area (Å²) in [6, 6.07) is 9.11. The van der Waals surface area contributed by atoms with Crippen LogP contribution in [0.2, 0.25) is 5.15 Å². The Balaban J connectivity index is 1.69. The number of aromatic nitrogens is 1. The first kappa shape index (κ1) is 16.7. The monoisotopic (exact) mass is 346 g/mol. The van der Waals surface area contributed by atoms with Crippen molar-refractivity contribution in [1.82, 2.24) is 15.2 Å². The number of nitrogens with zero attached hydrogens (tertiary/aromatic N) is 2. The third kappa shape index (κ3) is 3.83. The Kier molecular flexibility index (Phi) is 4.97. The zero-order valence-corrected chi connectivity index (χ0v) is 13.9. The summed E-state index contributed by atoms with van der Waals surface area (Å²) in [7, 11) is 0. The molecule has 1 aromatic heterocycles. The van der Waals surface area contributed by atoms with E-state index < -0.39 is 0 Å². The smallest absolute Gasteiger partial charge is 0.252 e. The Labute approximate surface area is 145 Å². The first-order valence-electron chi connectivity index (χ1n) is 7.90. The summed E-state index contributed by atoms with van der Waals surface area (Å²) in [5.74, 6) is -0.473. The van der Waals surface area contributed by atoms with Gasteiger partial charge in [-0.25, -0.2) is 4.98 Å². The number of para-hydroxylation sites is 1. The van der Waals surface area contributed by atoms with Crippen LogP contribution in [-0.2, 0) is 4.79 Å². The number of primary amides is 1. The predicted octanol–water partition coefficient (Wildman–Crippen LogP) is 1.57. The van der Waals surface area contributed by atoms with Gasteiger partial charge in [0.1, 0.15) is 5.15 Å². The standard InChI is InChI=1S/C17H19ClN4O2/c18-15-9-13(12-3-1-2-4-14(12)21-15)17(24)20-11-5-7-22(8-6-11)10-16(19)23/h1-4,9,11H,5-8,10H2,(H2,19,23)(H,20,24). The molecule has 126 valence electrons. The van der Waals surface area contributed by atoms with Crippen molar-refractivity contribution in [3.8, 4) is 0 Å². The molecule has 0 unspecified atom stereocenters. The molecule has 2 heterocycles. The van der Waals surface area contributed by atoms with Gasteiger partial charge in [0.2, 0.25) is 5.91 Å². The van der Waals surface area contributed by atoms with Gasteiger partial charge in [-0.05, 0) is 25.0 Å². The average Bonchev–Trinajstić information content (AvgIpc) is 2.55. The molecule has 1 aliphatic heterocycles. The second kappa shape index (κ2) is 7.15. The van der Waals surface area contributed by atoms with E-state index in [2.05, 4.69) is 10.3 Å². The number of fused-ring (bicyclic) bond motifs is 1. The lowest BCUT2D eigenvalue weighted by atomic mass is 10.0. The van der Waals surface area contributed by atoms with Gasteiger partial charge in [-0.3, -0.25) is 14.5 Å². The van der Waals surface area contributed by atoms with E-state index in [1.807, 2.05) is 29.2 Å². The summed E-state index contributed by atoms with van der Waals surface area (Å²) >= 11 is 6.04. The lowest BCUT2D eigenvalue weighted by Gasteiger charge is -2.31. The summed E-state index contributed by atoms with van der Waals surface area (Å²) in [6.07, 6.45) is 1.57. The molecule has 6 nitrogen and oxygen atoms in total. The highest BCUT2D eigenvalue weighted by Gasteiger charge is 2.22. The molecule has 0 bridgehead atoms. The predicted molar refractivity (Wildman–Crippen MR) is 92.9 cm³/mol. The van der Waals surface area contributed by atoms with E-state index in [-0.39, 0.29) is 24.4 Å². The van der Waals surface area contributed by atoms with Crippen LogP contribution in [0.25, 0.3) is 10.9 Å². The SMILES string of the molecule is NC(=O)CN1CCC(NC(=O)c2cc(Cl)nc3ccccc23)CC1. The van der Waals surface area contributed by atoms with Crippen molar-refractivity contribution in [2.24, 2.45) is 5.73 Å². The van der Waals surface area contributed by atoms with Gasteiger partial charge in [0.05, 0.1) is 17.6 Å². The molecule has 3 rings (SSSR count). The van der Waals surface area contributed by atoms with E-state index in [1.54, 1.807) is 6.07 Å². The molecular weight excluding hydrogens is 328 g/mol. The largest absolute Gasteiger partial charge is 0.369 e. The molecule has 1 aliphatic rings. The molecule has 0 spiro atoms. The summed E-state index contributed by atoms with van der Waals surface area (Å²) < 4.78 is 0. The van der Waals surface area contributed by atoms with Crippen molar-refractivity contribution < 1.29 is 9.59 Å². The summed E-state index contributed by atoms with van der Waals surface area (Å²) in [6.45, 7) is 1.75. The highest BCUT2D eigenvalue weighted by atomic mass is 35.5. The van der Waals surface area contributed by atoms with E-state index >= 15 is 0 Å². The fourth-order valence-electron chi connectivity index (χ4n) is 3.05. The number of amides is 2. The van der Waals surface area contributed by atoms with Crippen molar-refractivity contribution >= 4 is 34.3 Å². The van der Waals surface area contributed by atoms with Gasteiger partial charge >= 0.3 is 0 Å². The molecule has 1 fully saturated rings. The highest BCUT2D eigenvalue weighted by Crippen LogP contribution is 2.21. The molecule has 7 heteroatoms. The van der Waals surface area contributed by atoms with Gasteiger partial charge < -0.3 is 11.1 Å². The number of carbonyl (C=O) groups excluding carboxylic acids is 2. The summed E-state index contributed by atoms with van der Waals surface area (Å²) in [4.78, 5) is 29.9. The average molecular weight is 347 g/mol. The molecule has 24 heavy (non-hydrogen) atoms. The van der Waals surface area contributed by atoms with Crippen LogP contribution >= 0.6 is 11.6 Å². The number of benzene rings is 1. The van der Waals surface area contributed by atoms with Crippen LogP contribution in [0.1, 0.15) is 23.2 Å². The Morgan fingerprint density at radius 2 is 2.00 bits per heavy atom. The summed E-state index contributed by atoms with van der Waals surface area (Å²) in [5.41, 5.74) is 6.45. The first-order valence-corrected chi connectivity index (χ1v) is 8.27. The lowest BCUT2D eigenvalue weighted by molar-refractivity contribution is -0.119. The third-order valence-corrected chi connectivity index (χ3v) is 4.43. The maximum atomic E-state index is 12.7. The molecule has 0 saturated carbocycles. The second-order valence-electron chi connectivity index (χ2n) is 6.00. The van der Waals surface area contributed by atoms with Crippen LogP contribution in [-0.4, -0.2) is 47.4 Å². The van der Waals surface area contributed by atoms with E-state index in [0.29, 0.717) is 16.2 Å². The summed E-state index contributed by atoms with van der Waals surface area (Å²) in [5, 5.41) is 4.14. The molecule has 0 radical (unpaired) electrons. The molecule has 1 saturated heterocycles. The zero-order chi connectivity index (χ0) is 17.1. The fourth-order valence-corrected chi connectivity index (χ4v) is 3.25. The zero-order valence-electron chi connectivity index (χ0n) is 13.2. The number of halogens is 1. The van der Waals surface area contributed by atoms with E-state index in [1.165, 1.54) is 0 Å². The number of piperidine rings is 1. The number of pyridine rings is 1. The van der Waals surface area contributed by atoms with Crippen LogP contribution in [0.15, 0.2) is 30.3 Å². The second-order valence-corrected chi connectivity index (χ2v) is 6.39.